The number of carbonyl (C=O) groups is 2. The van der Waals surface area contributed by atoms with Crippen molar-refractivity contribution in [1.82, 2.24) is 0 Å². The summed E-state index contributed by atoms with van der Waals surface area (Å²) >= 11 is 0. The molecule has 0 aliphatic rings. The lowest BCUT2D eigenvalue weighted by Gasteiger charge is -2.12. The maximum Gasteiger partial charge on any atom is 0.291 e. The molecule has 0 saturated heterocycles. The molecule has 0 spiro atoms. The molecule has 0 aliphatic carbocycles. The lowest BCUT2D eigenvalue weighted by molar-refractivity contribution is -0.384. The molecule has 4 aromatic rings. The van der Waals surface area contributed by atoms with Gasteiger partial charge in [0, 0.05) is 29.3 Å². The summed E-state index contributed by atoms with van der Waals surface area (Å²) in [6, 6.07) is 19.1. The predicted octanol–water partition coefficient (Wildman–Crippen LogP) is 4.62. The van der Waals surface area contributed by atoms with Gasteiger partial charge in [-0.1, -0.05) is 18.2 Å². The van der Waals surface area contributed by atoms with Gasteiger partial charge < -0.3 is 24.5 Å². The Hall–Kier alpha value is -4.86. The van der Waals surface area contributed by atoms with Gasteiger partial charge in [-0.25, -0.2) is 0 Å². The summed E-state index contributed by atoms with van der Waals surface area (Å²) in [5.41, 5.74) is 1.36. The van der Waals surface area contributed by atoms with Gasteiger partial charge in [-0.2, -0.15) is 0 Å². The number of anilines is 2. The fourth-order valence-corrected chi connectivity index (χ4v) is 3.16. The van der Waals surface area contributed by atoms with Crippen LogP contribution in [-0.4, -0.2) is 30.5 Å². The van der Waals surface area contributed by atoms with Crippen molar-refractivity contribution in [2.45, 2.75) is 0 Å². The number of hydrogen-bond donors (Lipinski definition) is 2. The third-order valence-corrected chi connectivity index (χ3v) is 4.80. The number of carbonyl (C=O) groups excluding carboxylic acids is 2. The van der Waals surface area contributed by atoms with Crippen LogP contribution in [-0.2, 0) is 4.79 Å². The monoisotopic (exact) mass is 461 g/mol. The average Bonchev–Trinajstić information content (AvgIpc) is 3.28. The van der Waals surface area contributed by atoms with Crippen molar-refractivity contribution in [3.05, 3.63) is 88.7 Å². The average molecular weight is 461 g/mol. The first-order valence-corrected chi connectivity index (χ1v) is 10.1. The first-order valence-electron chi connectivity index (χ1n) is 10.1. The van der Waals surface area contributed by atoms with E-state index in [4.69, 9.17) is 13.9 Å². The number of nitro benzene ring substituents is 1. The van der Waals surface area contributed by atoms with Gasteiger partial charge in [-0.05, 0) is 36.4 Å². The Morgan fingerprint density at radius 1 is 1.00 bits per heavy atom. The largest absolute Gasteiger partial charge is 0.494 e. The molecule has 2 N–H and O–H groups in total. The Bertz CT molecular complexity index is 1330. The van der Waals surface area contributed by atoms with Crippen molar-refractivity contribution in [2.24, 2.45) is 0 Å². The molecule has 10 nitrogen and oxygen atoms in total. The van der Waals surface area contributed by atoms with Crippen LogP contribution in [0.4, 0.5) is 17.1 Å². The highest BCUT2D eigenvalue weighted by Gasteiger charge is 2.15. The molecule has 2 amide bonds. The molecule has 4 rings (SSSR count). The highest BCUT2D eigenvalue weighted by atomic mass is 16.6. The van der Waals surface area contributed by atoms with Gasteiger partial charge in [0.1, 0.15) is 17.1 Å². The van der Waals surface area contributed by atoms with Crippen LogP contribution in [0.3, 0.4) is 0 Å². The number of para-hydroxylation sites is 1. The van der Waals surface area contributed by atoms with E-state index < -0.39 is 16.7 Å². The van der Waals surface area contributed by atoms with E-state index in [9.17, 15) is 19.7 Å². The maximum absolute atomic E-state index is 12.6. The molecule has 0 aliphatic heterocycles. The van der Waals surface area contributed by atoms with Crippen LogP contribution in [0.5, 0.6) is 11.5 Å². The summed E-state index contributed by atoms with van der Waals surface area (Å²) in [6.45, 7) is -0.301. The highest BCUT2D eigenvalue weighted by Crippen LogP contribution is 2.29. The van der Waals surface area contributed by atoms with E-state index in [-0.39, 0.29) is 18.1 Å². The Kier molecular flexibility index (Phi) is 6.40. The summed E-state index contributed by atoms with van der Waals surface area (Å²) in [5.74, 6) is -0.0770. The number of methoxy groups -OCH3 is 1. The second-order valence-corrected chi connectivity index (χ2v) is 7.11. The summed E-state index contributed by atoms with van der Waals surface area (Å²) in [6.07, 6.45) is 0. The van der Waals surface area contributed by atoms with Crippen LogP contribution >= 0.6 is 0 Å². The van der Waals surface area contributed by atoms with Crippen LogP contribution in [0.1, 0.15) is 10.6 Å². The van der Waals surface area contributed by atoms with E-state index in [0.29, 0.717) is 28.5 Å². The van der Waals surface area contributed by atoms with E-state index in [2.05, 4.69) is 10.6 Å². The summed E-state index contributed by atoms with van der Waals surface area (Å²) < 4.78 is 16.3. The first-order chi connectivity index (χ1) is 16.4. The van der Waals surface area contributed by atoms with Crippen molar-refractivity contribution >= 4 is 39.8 Å². The van der Waals surface area contributed by atoms with Crippen molar-refractivity contribution in [3.63, 3.8) is 0 Å². The zero-order valence-corrected chi connectivity index (χ0v) is 17.9. The van der Waals surface area contributed by atoms with Crippen LogP contribution in [0.25, 0.3) is 11.0 Å². The SMILES string of the molecule is COc1cc(NC(=O)COc2ccc([N+](=O)[O-])cc2)ccc1NC(=O)c1cc2ccccc2o1. The molecule has 0 saturated carbocycles. The number of nitrogens with zero attached hydrogens (tertiary/aromatic N) is 1. The minimum atomic E-state index is -0.521. The molecule has 10 heteroatoms. The number of hydrogen-bond acceptors (Lipinski definition) is 7. The Balaban J connectivity index is 1.37. The van der Waals surface area contributed by atoms with Gasteiger partial charge in [0.15, 0.2) is 12.4 Å². The second-order valence-electron chi connectivity index (χ2n) is 7.11. The fraction of sp³-hybridized carbons (Fsp3) is 0.0833. The lowest BCUT2D eigenvalue weighted by Crippen LogP contribution is -2.20. The van der Waals surface area contributed by atoms with Gasteiger partial charge in [-0.15, -0.1) is 0 Å². The Morgan fingerprint density at radius 3 is 2.47 bits per heavy atom. The predicted molar refractivity (Wildman–Crippen MR) is 124 cm³/mol. The topological polar surface area (TPSA) is 133 Å². The molecule has 0 radical (unpaired) electrons. The van der Waals surface area contributed by atoms with Gasteiger partial charge in [0.25, 0.3) is 17.5 Å². The fourth-order valence-electron chi connectivity index (χ4n) is 3.16. The number of nitro groups is 1. The minimum absolute atomic E-state index is 0.0728. The highest BCUT2D eigenvalue weighted by molar-refractivity contribution is 6.05. The molecule has 0 atom stereocenters. The van der Waals surface area contributed by atoms with E-state index in [1.807, 2.05) is 18.2 Å². The zero-order chi connectivity index (χ0) is 24.1. The molecule has 0 bridgehead atoms. The number of ether oxygens (including phenoxy) is 2. The minimum Gasteiger partial charge on any atom is -0.494 e. The van der Waals surface area contributed by atoms with E-state index in [1.165, 1.54) is 31.4 Å². The quantitative estimate of drug-likeness (QED) is 0.289. The van der Waals surface area contributed by atoms with E-state index >= 15 is 0 Å². The third-order valence-electron chi connectivity index (χ3n) is 4.80. The first kappa shape index (κ1) is 22.3. The molecular formula is C24H19N3O7. The standard InChI is InChI=1S/C24H19N3O7/c1-32-21-13-16(25-23(28)14-33-18-9-7-17(8-10-18)27(30)31)6-11-19(21)26-24(29)22-12-15-4-2-3-5-20(15)34-22/h2-13H,14H2,1H3,(H,25,28)(H,26,29). The zero-order valence-electron chi connectivity index (χ0n) is 17.9. The number of rotatable bonds is 8. The van der Waals surface area contributed by atoms with Crippen LogP contribution in [0, 0.1) is 10.1 Å². The van der Waals surface area contributed by atoms with Crippen LogP contribution in [0.2, 0.25) is 0 Å². The number of non-ortho nitro benzene ring substituents is 1. The molecule has 0 unspecified atom stereocenters. The molecule has 1 aromatic heterocycles. The van der Waals surface area contributed by atoms with E-state index in [1.54, 1.807) is 30.3 Å². The van der Waals surface area contributed by atoms with Crippen molar-refractivity contribution in [2.75, 3.05) is 24.4 Å². The lowest BCUT2D eigenvalue weighted by atomic mass is 10.2. The normalized spacial score (nSPS) is 10.5. The van der Waals surface area contributed by atoms with Gasteiger partial charge >= 0.3 is 0 Å². The number of furan rings is 1. The van der Waals surface area contributed by atoms with Gasteiger partial charge in [0.2, 0.25) is 0 Å². The van der Waals surface area contributed by atoms with Gasteiger partial charge in [-0.3, -0.25) is 19.7 Å². The second kappa shape index (κ2) is 9.74. The van der Waals surface area contributed by atoms with Crippen molar-refractivity contribution < 1.29 is 28.4 Å². The van der Waals surface area contributed by atoms with Gasteiger partial charge in [0.05, 0.1) is 17.7 Å². The summed E-state index contributed by atoms with van der Waals surface area (Å²) in [5, 5.41) is 16.9. The smallest absolute Gasteiger partial charge is 0.291 e. The molecule has 172 valence electrons. The summed E-state index contributed by atoms with van der Waals surface area (Å²) in [4.78, 5) is 35.0. The number of fused-ring (bicyclic) bond motifs is 1. The summed E-state index contributed by atoms with van der Waals surface area (Å²) in [7, 11) is 1.44. The number of nitrogens with one attached hydrogen (secondary N) is 2. The molecular weight excluding hydrogens is 442 g/mol. The molecule has 34 heavy (non-hydrogen) atoms. The third kappa shape index (κ3) is 5.13. The Morgan fingerprint density at radius 2 is 1.76 bits per heavy atom. The molecule has 3 aromatic carbocycles. The van der Waals surface area contributed by atoms with Crippen molar-refractivity contribution in [3.8, 4) is 11.5 Å². The molecule has 1 heterocycles. The molecule has 0 fully saturated rings. The van der Waals surface area contributed by atoms with E-state index in [0.717, 1.165) is 5.39 Å². The van der Waals surface area contributed by atoms with Crippen LogP contribution < -0.4 is 20.1 Å². The van der Waals surface area contributed by atoms with Crippen molar-refractivity contribution in [1.29, 1.82) is 0 Å². The maximum atomic E-state index is 12.6. The number of amides is 2. The number of benzene rings is 3. The Labute approximate surface area is 193 Å². The van der Waals surface area contributed by atoms with Crippen LogP contribution in [0.15, 0.2) is 77.2 Å².